The van der Waals surface area contributed by atoms with E-state index in [-0.39, 0.29) is 6.04 Å². The third kappa shape index (κ3) is 3.60. The molecule has 18 heavy (non-hydrogen) atoms. The molecule has 0 radical (unpaired) electrons. The summed E-state index contributed by atoms with van der Waals surface area (Å²) in [6, 6.07) is 10.00. The van der Waals surface area contributed by atoms with E-state index in [1.54, 1.807) is 0 Å². The Morgan fingerprint density at radius 3 is 2.61 bits per heavy atom. The zero-order chi connectivity index (χ0) is 13.0. The minimum Gasteiger partial charge on any atom is -0.486 e. The summed E-state index contributed by atoms with van der Waals surface area (Å²) in [5.74, 6) is 1.55. The van der Waals surface area contributed by atoms with Gasteiger partial charge in [-0.25, -0.2) is 0 Å². The van der Waals surface area contributed by atoms with Gasteiger partial charge in [-0.15, -0.1) is 0 Å². The van der Waals surface area contributed by atoms with Crippen molar-refractivity contribution in [3.63, 3.8) is 0 Å². The maximum atomic E-state index is 5.75. The quantitative estimate of drug-likeness (QED) is 0.880. The van der Waals surface area contributed by atoms with Crippen molar-refractivity contribution < 1.29 is 9.26 Å². The van der Waals surface area contributed by atoms with E-state index < -0.39 is 0 Å². The molecule has 1 heterocycles. The molecule has 2 N–H and O–H groups in total. The molecule has 0 saturated carbocycles. The lowest BCUT2D eigenvalue weighted by Gasteiger charge is -2.07. The molecule has 0 fully saturated rings. The van der Waals surface area contributed by atoms with Gasteiger partial charge in [-0.2, -0.15) is 0 Å². The molecule has 1 atom stereocenters. The van der Waals surface area contributed by atoms with Crippen molar-refractivity contribution in [1.29, 1.82) is 0 Å². The Balaban J connectivity index is 1.90. The largest absolute Gasteiger partial charge is 0.486 e. The van der Waals surface area contributed by atoms with E-state index in [0.29, 0.717) is 6.61 Å². The van der Waals surface area contributed by atoms with Crippen molar-refractivity contribution in [3.8, 4) is 5.75 Å². The molecule has 0 spiro atoms. The van der Waals surface area contributed by atoms with Crippen LogP contribution in [0.2, 0.25) is 0 Å². The average molecular weight is 246 g/mol. The number of hydrogen-bond acceptors (Lipinski definition) is 4. The molecule has 0 aliphatic carbocycles. The fourth-order valence-corrected chi connectivity index (χ4v) is 1.73. The third-order valence-electron chi connectivity index (χ3n) is 2.54. The second-order valence-corrected chi connectivity index (χ2v) is 4.55. The topological polar surface area (TPSA) is 61.3 Å². The first-order chi connectivity index (χ1) is 8.63. The number of aryl methyl sites for hydroxylation is 1. The zero-order valence-corrected chi connectivity index (χ0v) is 10.7. The molecular formula is C14H18N2O2. The summed E-state index contributed by atoms with van der Waals surface area (Å²) in [6.07, 6.45) is 0.877. The summed E-state index contributed by atoms with van der Waals surface area (Å²) < 4.78 is 10.7. The van der Waals surface area contributed by atoms with Gasteiger partial charge in [0.1, 0.15) is 12.4 Å². The minimum absolute atomic E-state index is 0.175. The van der Waals surface area contributed by atoms with Gasteiger partial charge in [-0.1, -0.05) is 17.3 Å². The van der Waals surface area contributed by atoms with Gasteiger partial charge in [-0.3, -0.25) is 0 Å². The Morgan fingerprint density at radius 1 is 1.33 bits per heavy atom. The Bertz CT molecular complexity index is 489. The highest BCUT2D eigenvalue weighted by atomic mass is 16.5. The fraction of sp³-hybridized carbons (Fsp3) is 0.357. The second-order valence-electron chi connectivity index (χ2n) is 4.55. The first-order valence-electron chi connectivity index (χ1n) is 6.03. The van der Waals surface area contributed by atoms with Crippen LogP contribution in [0.3, 0.4) is 0 Å². The van der Waals surface area contributed by atoms with Gasteiger partial charge < -0.3 is 15.0 Å². The van der Waals surface area contributed by atoms with Crippen molar-refractivity contribution >= 4 is 0 Å². The molecule has 1 aromatic heterocycles. The first kappa shape index (κ1) is 12.6. The van der Waals surface area contributed by atoms with Gasteiger partial charge >= 0.3 is 0 Å². The molecule has 4 heteroatoms. The number of hydrogen-bond donors (Lipinski definition) is 1. The van der Waals surface area contributed by atoms with E-state index in [0.717, 1.165) is 23.6 Å². The number of aromatic nitrogens is 1. The van der Waals surface area contributed by atoms with Crippen LogP contribution in [-0.2, 0) is 13.0 Å². The second kappa shape index (κ2) is 5.69. The smallest absolute Gasteiger partial charge is 0.174 e. The van der Waals surface area contributed by atoms with Crippen LogP contribution < -0.4 is 10.5 Å². The Kier molecular flexibility index (Phi) is 3.99. The first-order valence-corrected chi connectivity index (χ1v) is 6.03. The minimum atomic E-state index is 0.175. The fourth-order valence-electron chi connectivity index (χ4n) is 1.73. The van der Waals surface area contributed by atoms with Crippen LogP contribution in [0.1, 0.15) is 23.9 Å². The maximum absolute atomic E-state index is 5.75. The van der Waals surface area contributed by atoms with Gasteiger partial charge in [0.2, 0.25) is 0 Å². The van der Waals surface area contributed by atoms with Gasteiger partial charge in [0.25, 0.3) is 0 Å². The van der Waals surface area contributed by atoms with E-state index in [1.165, 1.54) is 5.56 Å². The molecular weight excluding hydrogens is 228 g/mol. The highest BCUT2D eigenvalue weighted by molar-refractivity contribution is 5.27. The van der Waals surface area contributed by atoms with Crippen molar-refractivity contribution in [1.82, 2.24) is 5.16 Å². The van der Waals surface area contributed by atoms with Crippen LogP contribution in [0.4, 0.5) is 0 Å². The van der Waals surface area contributed by atoms with Crippen LogP contribution in [0.5, 0.6) is 5.75 Å². The van der Waals surface area contributed by atoms with Gasteiger partial charge in [-0.05, 0) is 38.0 Å². The normalized spacial score (nSPS) is 12.4. The van der Waals surface area contributed by atoms with Crippen LogP contribution in [0.25, 0.3) is 0 Å². The van der Waals surface area contributed by atoms with Gasteiger partial charge in [0.15, 0.2) is 5.76 Å². The zero-order valence-electron chi connectivity index (χ0n) is 10.7. The molecule has 96 valence electrons. The lowest BCUT2D eigenvalue weighted by atomic mass is 10.1. The van der Waals surface area contributed by atoms with Gasteiger partial charge in [0.05, 0.1) is 5.69 Å². The van der Waals surface area contributed by atoms with Crippen LogP contribution in [0, 0.1) is 6.92 Å². The highest BCUT2D eigenvalue weighted by Gasteiger charge is 2.02. The summed E-state index contributed by atoms with van der Waals surface area (Å²) >= 11 is 0. The molecule has 0 aliphatic rings. The predicted octanol–water partition coefficient (Wildman–Crippen LogP) is 2.45. The van der Waals surface area contributed by atoms with Gasteiger partial charge in [0, 0.05) is 12.1 Å². The Hall–Kier alpha value is -1.81. The molecule has 0 aliphatic heterocycles. The van der Waals surface area contributed by atoms with Crippen LogP contribution in [-0.4, -0.2) is 11.2 Å². The molecule has 0 amide bonds. The molecule has 0 bridgehead atoms. The van der Waals surface area contributed by atoms with Crippen LogP contribution in [0.15, 0.2) is 34.9 Å². The number of rotatable bonds is 5. The lowest BCUT2D eigenvalue weighted by molar-refractivity contribution is 0.248. The molecule has 4 nitrogen and oxygen atoms in total. The van der Waals surface area contributed by atoms with Crippen molar-refractivity contribution in [2.75, 3.05) is 0 Å². The number of benzene rings is 1. The highest BCUT2D eigenvalue weighted by Crippen LogP contribution is 2.15. The monoisotopic (exact) mass is 246 g/mol. The van der Waals surface area contributed by atoms with E-state index in [2.05, 4.69) is 5.16 Å². The summed E-state index contributed by atoms with van der Waals surface area (Å²) in [7, 11) is 0. The van der Waals surface area contributed by atoms with Crippen LogP contribution >= 0.6 is 0 Å². The molecule has 0 saturated heterocycles. The van der Waals surface area contributed by atoms with Crippen molar-refractivity contribution in [3.05, 3.63) is 47.3 Å². The molecule has 2 rings (SSSR count). The predicted molar refractivity (Wildman–Crippen MR) is 69.4 cm³/mol. The van der Waals surface area contributed by atoms with Crippen molar-refractivity contribution in [2.45, 2.75) is 32.9 Å². The number of nitrogens with zero attached hydrogens (tertiary/aromatic N) is 1. The number of ether oxygens (including phenoxy) is 1. The van der Waals surface area contributed by atoms with E-state index in [9.17, 15) is 0 Å². The SMILES string of the molecule is Cc1cc(COc2ccc(CC(C)N)cc2)on1. The maximum Gasteiger partial charge on any atom is 0.174 e. The Labute approximate surface area is 107 Å². The summed E-state index contributed by atoms with van der Waals surface area (Å²) in [4.78, 5) is 0. The standard InChI is InChI=1S/C14H18N2O2/c1-10(15)7-12-3-5-13(6-4-12)17-9-14-8-11(2)16-18-14/h3-6,8,10H,7,9,15H2,1-2H3. The summed E-state index contributed by atoms with van der Waals surface area (Å²) in [6.45, 7) is 4.28. The third-order valence-corrected chi connectivity index (χ3v) is 2.54. The number of nitrogens with two attached hydrogens (primary N) is 1. The summed E-state index contributed by atoms with van der Waals surface area (Å²) in [5, 5.41) is 3.81. The lowest BCUT2D eigenvalue weighted by Crippen LogP contribution is -2.17. The molecule has 1 aromatic carbocycles. The molecule has 2 aromatic rings. The Morgan fingerprint density at radius 2 is 2.06 bits per heavy atom. The summed E-state index contributed by atoms with van der Waals surface area (Å²) in [5.41, 5.74) is 7.83. The molecule has 1 unspecified atom stereocenters. The average Bonchev–Trinajstić information content (AvgIpc) is 2.74. The van der Waals surface area contributed by atoms with Crippen molar-refractivity contribution in [2.24, 2.45) is 5.73 Å². The van der Waals surface area contributed by atoms with E-state index >= 15 is 0 Å². The van der Waals surface area contributed by atoms with E-state index in [1.807, 2.05) is 44.2 Å². The van der Waals surface area contributed by atoms with E-state index in [4.69, 9.17) is 15.0 Å².